The molecule has 2 radical (unpaired) electrons. The summed E-state index contributed by atoms with van der Waals surface area (Å²) in [5, 5.41) is 0. The quantitative estimate of drug-likeness (QED) is 0.445. The molecule has 0 spiro atoms. The van der Waals surface area contributed by atoms with Crippen LogP contribution in [-0.4, -0.2) is 32.2 Å². The van der Waals surface area contributed by atoms with E-state index in [0.717, 1.165) is 4.48 Å². The first-order chi connectivity index (χ1) is 6.56. The Bertz CT molecular complexity index is 118. The predicted octanol–water partition coefficient (Wildman–Crippen LogP) is 3.83. The minimum atomic E-state index is 0. The summed E-state index contributed by atoms with van der Waals surface area (Å²) in [6.45, 7) is 3.61. The zero-order valence-electron chi connectivity index (χ0n) is 11.2. The van der Waals surface area contributed by atoms with Gasteiger partial charge in [0.25, 0.3) is 0 Å². The van der Waals surface area contributed by atoms with Crippen molar-refractivity contribution in [2.24, 2.45) is 0 Å². The van der Waals surface area contributed by atoms with E-state index >= 15 is 0 Å². The highest BCUT2D eigenvalue weighted by Gasteiger charge is 2.04. The molecule has 92 valence electrons. The minimum absolute atomic E-state index is 0. The van der Waals surface area contributed by atoms with E-state index in [2.05, 4.69) is 28.1 Å². The summed E-state index contributed by atoms with van der Waals surface area (Å²) in [7, 11) is 6.84. The van der Waals surface area contributed by atoms with Crippen molar-refractivity contribution >= 4 is 0 Å². The van der Waals surface area contributed by atoms with Crippen LogP contribution in [0.15, 0.2) is 0 Å². The van der Waals surface area contributed by atoms with Crippen molar-refractivity contribution in [1.82, 2.24) is 0 Å². The average Bonchev–Trinajstić information content (AvgIpc) is 2.08. The Morgan fingerprint density at radius 1 is 0.667 bits per heavy atom. The smallest absolute Gasteiger partial charge is 0.331 e. The van der Waals surface area contributed by atoms with Gasteiger partial charge in [-0.05, 0) is 12.8 Å². The number of nitrogens with zero attached hydrogens (tertiary/aromatic N) is 1. The van der Waals surface area contributed by atoms with Gasteiger partial charge >= 0.3 is 17.0 Å². The van der Waals surface area contributed by atoms with Crippen molar-refractivity contribution in [3.63, 3.8) is 0 Å². The second-order valence-corrected chi connectivity index (χ2v) is 5.49. The number of hydrogen-bond acceptors (Lipinski definition) is 0. The van der Waals surface area contributed by atoms with Gasteiger partial charge in [-0.25, -0.2) is 0 Å². The normalized spacial score (nSPS) is 11.2. The largest absolute Gasteiger partial charge is 1.00 e. The Balaban J connectivity index is 0. The summed E-state index contributed by atoms with van der Waals surface area (Å²) >= 11 is 0. The molecule has 0 aromatic rings. The van der Waals surface area contributed by atoms with Gasteiger partial charge < -0.3 is 4.48 Å². The predicted molar refractivity (Wildman–Crippen MR) is 65.5 cm³/mol. The molecule has 0 bridgehead atoms. The molecule has 15 heavy (non-hydrogen) atoms. The lowest BCUT2D eigenvalue weighted by atomic mass is 10.1. The molecule has 0 heterocycles. The number of halogens is 1. The Kier molecular flexibility index (Phi) is 13.0. The highest BCUT2D eigenvalue weighted by atomic mass is 79.9. The van der Waals surface area contributed by atoms with E-state index in [-0.39, 0.29) is 17.0 Å². The van der Waals surface area contributed by atoms with E-state index in [1.807, 2.05) is 0 Å². The molecule has 0 saturated heterocycles. The van der Waals surface area contributed by atoms with E-state index in [1.54, 1.807) is 0 Å². The topological polar surface area (TPSA) is 0 Å². The van der Waals surface area contributed by atoms with Gasteiger partial charge in [-0.3, -0.25) is 0 Å². The molecule has 1 nitrogen and oxygen atoms in total. The number of rotatable bonds is 9. The fourth-order valence-electron chi connectivity index (χ4n) is 1.72. The Hall–Kier alpha value is 0.440. The highest BCUT2D eigenvalue weighted by Crippen LogP contribution is 2.09. The van der Waals surface area contributed by atoms with Crippen LogP contribution < -0.4 is 0 Å². The Labute approximate surface area is 108 Å². The van der Waals surface area contributed by atoms with Crippen LogP contribution in [0.5, 0.6) is 0 Å². The molecule has 0 aliphatic heterocycles. The van der Waals surface area contributed by atoms with E-state index in [1.165, 1.54) is 57.9 Å². The number of quaternary nitrogens is 1. The molecule has 0 N–H and O–H groups in total. The fraction of sp³-hybridized carbons (Fsp3) is 1.00. The third kappa shape index (κ3) is 17.1. The summed E-state index contributed by atoms with van der Waals surface area (Å²) in [6, 6.07) is 0. The van der Waals surface area contributed by atoms with Crippen LogP contribution in [0.1, 0.15) is 58.3 Å². The minimum Gasteiger partial charge on any atom is -0.331 e. The molecule has 0 aromatic heterocycles. The SMILES string of the molecule is CCCCCCCCCC[N+](C)(C)C.[Br+]. The Morgan fingerprint density at radius 2 is 1.07 bits per heavy atom. The Morgan fingerprint density at radius 3 is 1.47 bits per heavy atom. The second kappa shape index (κ2) is 10.9. The average molecular weight is 280 g/mol. The van der Waals surface area contributed by atoms with Crippen molar-refractivity contribution in [2.45, 2.75) is 58.3 Å². The standard InChI is InChI=1S/C13H30N.Br/c1-5-6-7-8-9-10-11-12-13-14(2,3)4;/h5-13H2,1-4H3;/q2*+1. The van der Waals surface area contributed by atoms with Crippen LogP contribution >= 0.6 is 0 Å². The second-order valence-electron chi connectivity index (χ2n) is 5.49. The van der Waals surface area contributed by atoms with Gasteiger partial charge in [-0.15, -0.1) is 0 Å². The molecule has 0 amide bonds. The molecule has 0 fully saturated rings. The maximum atomic E-state index is 2.28. The van der Waals surface area contributed by atoms with Gasteiger partial charge in [-0.1, -0.05) is 45.4 Å². The van der Waals surface area contributed by atoms with E-state index in [0.29, 0.717) is 0 Å². The summed E-state index contributed by atoms with van der Waals surface area (Å²) in [5.41, 5.74) is 0. The van der Waals surface area contributed by atoms with Gasteiger partial charge in [0.15, 0.2) is 0 Å². The third-order valence-corrected chi connectivity index (χ3v) is 2.68. The lowest BCUT2D eigenvalue weighted by molar-refractivity contribution is -0.870. The number of hydrogen-bond donors (Lipinski definition) is 0. The molecule has 0 rings (SSSR count). The van der Waals surface area contributed by atoms with Gasteiger partial charge in [0, 0.05) is 0 Å². The van der Waals surface area contributed by atoms with Crippen molar-refractivity contribution in [3.05, 3.63) is 0 Å². The van der Waals surface area contributed by atoms with E-state index in [9.17, 15) is 0 Å². The van der Waals surface area contributed by atoms with Gasteiger partial charge in [0.2, 0.25) is 0 Å². The summed E-state index contributed by atoms with van der Waals surface area (Å²) in [5.74, 6) is 0. The first-order valence-electron chi connectivity index (χ1n) is 6.36. The van der Waals surface area contributed by atoms with Crippen LogP contribution in [0.25, 0.3) is 0 Å². The molecule has 0 atom stereocenters. The zero-order chi connectivity index (χ0) is 10.9. The van der Waals surface area contributed by atoms with Crippen molar-refractivity contribution in [2.75, 3.05) is 27.7 Å². The summed E-state index contributed by atoms with van der Waals surface area (Å²) < 4.78 is 1.12. The lowest BCUT2D eigenvalue weighted by Gasteiger charge is -2.23. The van der Waals surface area contributed by atoms with Crippen LogP contribution in [0.4, 0.5) is 0 Å². The van der Waals surface area contributed by atoms with Crippen molar-refractivity contribution < 1.29 is 21.5 Å². The van der Waals surface area contributed by atoms with Crippen molar-refractivity contribution in [1.29, 1.82) is 0 Å². The van der Waals surface area contributed by atoms with Gasteiger partial charge in [-0.2, -0.15) is 0 Å². The molecular formula is C13H30BrN+2. The van der Waals surface area contributed by atoms with Crippen LogP contribution in [0, 0.1) is 17.0 Å². The summed E-state index contributed by atoms with van der Waals surface area (Å²) in [6.07, 6.45) is 11.4. The summed E-state index contributed by atoms with van der Waals surface area (Å²) in [4.78, 5) is 0. The molecule has 0 aromatic carbocycles. The van der Waals surface area contributed by atoms with E-state index < -0.39 is 0 Å². The molecule has 2 heteroatoms. The van der Waals surface area contributed by atoms with Crippen LogP contribution in [0.2, 0.25) is 0 Å². The maximum absolute atomic E-state index is 2.28. The monoisotopic (exact) mass is 279 g/mol. The van der Waals surface area contributed by atoms with Crippen LogP contribution in [-0.2, 0) is 0 Å². The third-order valence-electron chi connectivity index (χ3n) is 2.68. The highest BCUT2D eigenvalue weighted by molar-refractivity contribution is 4.45. The number of unbranched alkanes of at least 4 members (excludes halogenated alkanes) is 7. The zero-order valence-corrected chi connectivity index (χ0v) is 12.8. The molecule has 0 aliphatic carbocycles. The van der Waals surface area contributed by atoms with Crippen LogP contribution in [0.3, 0.4) is 0 Å². The van der Waals surface area contributed by atoms with Crippen molar-refractivity contribution in [3.8, 4) is 0 Å². The molecule has 0 saturated carbocycles. The molecule has 0 aliphatic rings. The van der Waals surface area contributed by atoms with Gasteiger partial charge in [0.1, 0.15) is 0 Å². The maximum Gasteiger partial charge on any atom is 1.00 e. The first kappa shape index (κ1) is 17.8. The first-order valence-corrected chi connectivity index (χ1v) is 6.36. The molecular weight excluding hydrogens is 250 g/mol. The molecule has 0 unspecified atom stereocenters. The lowest BCUT2D eigenvalue weighted by Crippen LogP contribution is -2.35. The van der Waals surface area contributed by atoms with Gasteiger partial charge in [0.05, 0.1) is 27.7 Å². The van der Waals surface area contributed by atoms with E-state index in [4.69, 9.17) is 0 Å². The fourth-order valence-corrected chi connectivity index (χ4v) is 1.72.